The van der Waals surface area contributed by atoms with Crippen molar-refractivity contribution in [3.8, 4) is 11.4 Å². The van der Waals surface area contributed by atoms with Crippen LogP contribution >= 0.6 is 0 Å². The molecule has 2 unspecified atom stereocenters. The number of benzene rings is 3. The molecule has 6 heteroatoms. The Bertz CT molecular complexity index is 1390. The van der Waals surface area contributed by atoms with Crippen LogP contribution in [-0.4, -0.2) is 34.0 Å². The Balaban J connectivity index is 1.24. The molecule has 1 saturated heterocycles. The van der Waals surface area contributed by atoms with Gasteiger partial charge in [0.05, 0.1) is 18.5 Å². The van der Waals surface area contributed by atoms with Crippen molar-refractivity contribution in [2.75, 3.05) is 13.1 Å². The largest absolute Gasteiger partial charge is 0.345 e. The molecule has 1 amide bonds. The number of aryl methyl sites for hydroxylation is 1. The molecule has 202 valence electrons. The Morgan fingerprint density at radius 3 is 2.49 bits per heavy atom. The number of nitrogens with zero attached hydrogens (tertiary/aromatic N) is 3. The number of rotatable bonds is 7. The number of piperidine rings is 1. The quantitative estimate of drug-likeness (QED) is 0.302. The van der Waals surface area contributed by atoms with E-state index in [1.165, 1.54) is 11.1 Å². The summed E-state index contributed by atoms with van der Waals surface area (Å²) >= 11 is 0. The summed E-state index contributed by atoms with van der Waals surface area (Å²) in [4.78, 5) is 20.4. The van der Waals surface area contributed by atoms with Gasteiger partial charge in [-0.2, -0.15) is 4.98 Å². The van der Waals surface area contributed by atoms with Gasteiger partial charge in [0.1, 0.15) is 0 Å². The second kappa shape index (κ2) is 11.5. The SMILES string of the molecule is Cc1cccc(C(NC(=O)C2CCCN(Cc3nc(-c4ccc(C(C)(C)C)cc4)no3)C2)c2ccccc2)c1. The van der Waals surface area contributed by atoms with E-state index in [-0.39, 0.29) is 23.3 Å². The van der Waals surface area contributed by atoms with Crippen molar-refractivity contribution in [1.29, 1.82) is 0 Å². The van der Waals surface area contributed by atoms with Gasteiger partial charge in [-0.25, -0.2) is 0 Å². The number of carbonyl (C=O) groups is 1. The Kier molecular flexibility index (Phi) is 7.94. The highest BCUT2D eigenvalue weighted by Crippen LogP contribution is 2.27. The smallest absolute Gasteiger partial charge is 0.241 e. The van der Waals surface area contributed by atoms with E-state index >= 15 is 0 Å². The van der Waals surface area contributed by atoms with Gasteiger partial charge in [-0.3, -0.25) is 9.69 Å². The zero-order valence-electron chi connectivity index (χ0n) is 23.4. The van der Waals surface area contributed by atoms with E-state index in [1.807, 2.05) is 36.4 Å². The van der Waals surface area contributed by atoms with Crippen LogP contribution < -0.4 is 5.32 Å². The fraction of sp³-hybridized carbons (Fsp3) is 0.364. The maximum Gasteiger partial charge on any atom is 0.241 e. The Morgan fingerprint density at radius 2 is 1.77 bits per heavy atom. The lowest BCUT2D eigenvalue weighted by Gasteiger charge is -2.32. The van der Waals surface area contributed by atoms with Gasteiger partial charge in [0.25, 0.3) is 0 Å². The summed E-state index contributed by atoms with van der Waals surface area (Å²) in [5.74, 6) is 1.16. The molecule has 1 aliphatic heterocycles. The summed E-state index contributed by atoms with van der Waals surface area (Å²) in [5.41, 5.74) is 5.66. The summed E-state index contributed by atoms with van der Waals surface area (Å²) in [6.07, 6.45) is 1.82. The summed E-state index contributed by atoms with van der Waals surface area (Å²) in [7, 11) is 0. The minimum absolute atomic E-state index is 0.0835. The predicted octanol–water partition coefficient (Wildman–Crippen LogP) is 6.46. The van der Waals surface area contributed by atoms with Crippen LogP contribution in [0.15, 0.2) is 83.4 Å². The normalized spacial score (nSPS) is 17.1. The number of likely N-dealkylation sites (tertiary alicyclic amines) is 1. The molecule has 2 heterocycles. The molecule has 1 aromatic heterocycles. The van der Waals surface area contributed by atoms with Crippen molar-refractivity contribution < 1.29 is 9.32 Å². The van der Waals surface area contributed by atoms with Crippen molar-refractivity contribution in [1.82, 2.24) is 20.4 Å². The molecule has 0 saturated carbocycles. The van der Waals surface area contributed by atoms with Gasteiger partial charge in [-0.05, 0) is 48.4 Å². The lowest BCUT2D eigenvalue weighted by atomic mass is 9.87. The first-order chi connectivity index (χ1) is 18.8. The minimum atomic E-state index is -0.183. The lowest BCUT2D eigenvalue weighted by molar-refractivity contribution is -0.127. The summed E-state index contributed by atoms with van der Waals surface area (Å²) in [6.45, 7) is 10.8. The van der Waals surface area contributed by atoms with Crippen molar-refractivity contribution >= 4 is 5.91 Å². The van der Waals surface area contributed by atoms with Gasteiger partial charge in [-0.1, -0.05) is 110 Å². The van der Waals surface area contributed by atoms with Crippen molar-refractivity contribution in [3.05, 3.63) is 107 Å². The van der Waals surface area contributed by atoms with Crippen LogP contribution in [0.25, 0.3) is 11.4 Å². The van der Waals surface area contributed by atoms with Crippen LogP contribution in [-0.2, 0) is 16.8 Å². The number of amides is 1. The van der Waals surface area contributed by atoms with Crippen molar-refractivity contribution in [3.63, 3.8) is 0 Å². The van der Waals surface area contributed by atoms with Gasteiger partial charge in [0.2, 0.25) is 17.6 Å². The van der Waals surface area contributed by atoms with Crippen LogP contribution in [0.1, 0.15) is 67.8 Å². The third-order valence-electron chi connectivity index (χ3n) is 7.51. The standard InChI is InChI=1S/C33H38N4O2/c1-23-10-8-13-26(20-23)30(24-11-6-5-7-12-24)35-32(38)27-14-9-19-37(21-27)22-29-34-31(36-39-29)25-15-17-28(18-16-25)33(2,3)4/h5-8,10-13,15-18,20,27,30H,9,14,19,21-22H2,1-4H3,(H,35,38). The van der Waals surface area contributed by atoms with Crippen LogP contribution in [0.4, 0.5) is 0 Å². The molecule has 6 nitrogen and oxygen atoms in total. The van der Waals surface area contributed by atoms with E-state index in [9.17, 15) is 4.79 Å². The Morgan fingerprint density at radius 1 is 1.03 bits per heavy atom. The lowest BCUT2D eigenvalue weighted by Crippen LogP contribution is -2.43. The van der Waals surface area contributed by atoms with Gasteiger partial charge in [0, 0.05) is 12.1 Å². The van der Waals surface area contributed by atoms with Gasteiger partial charge in [-0.15, -0.1) is 0 Å². The van der Waals surface area contributed by atoms with E-state index in [4.69, 9.17) is 4.52 Å². The van der Waals surface area contributed by atoms with Gasteiger partial charge in [0.15, 0.2) is 0 Å². The topological polar surface area (TPSA) is 71.3 Å². The van der Waals surface area contributed by atoms with E-state index < -0.39 is 0 Å². The van der Waals surface area contributed by atoms with E-state index in [0.29, 0.717) is 24.8 Å². The third-order valence-corrected chi connectivity index (χ3v) is 7.51. The number of hydrogen-bond acceptors (Lipinski definition) is 5. The summed E-state index contributed by atoms with van der Waals surface area (Å²) in [5, 5.41) is 7.57. The van der Waals surface area contributed by atoms with Gasteiger partial charge >= 0.3 is 0 Å². The highest BCUT2D eigenvalue weighted by molar-refractivity contribution is 5.80. The summed E-state index contributed by atoms with van der Waals surface area (Å²) < 4.78 is 5.60. The molecule has 0 bridgehead atoms. The molecule has 5 rings (SSSR count). The second-order valence-electron chi connectivity index (χ2n) is 11.7. The third kappa shape index (κ3) is 6.63. The number of aromatic nitrogens is 2. The van der Waals surface area contributed by atoms with Crippen molar-refractivity contribution in [2.24, 2.45) is 5.92 Å². The van der Waals surface area contributed by atoms with Crippen LogP contribution in [0, 0.1) is 12.8 Å². The highest BCUT2D eigenvalue weighted by Gasteiger charge is 2.29. The number of hydrogen-bond donors (Lipinski definition) is 1. The zero-order chi connectivity index (χ0) is 27.4. The first-order valence-electron chi connectivity index (χ1n) is 13.8. The minimum Gasteiger partial charge on any atom is -0.345 e. The van der Waals surface area contributed by atoms with E-state index in [0.717, 1.165) is 36.1 Å². The van der Waals surface area contributed by atoms with E-state index in [1.54, 1.807) is 0 Å². The molecule has 1 fully saturated rings. The molecule has 2 atom stereocenters. The maximum absolute atomic E-state index is 13.5. The predicted molar refractivity (Wildman–Crippen MR) is 154 cm³/mol. The molecule has 0 spiro atoms. The molecule has 1 N–H and O–H groups in total. The number of carbonyl (C=O) groups excluding carboxylic acids is 1. The average molecular weight is 523 g/mol. The molecule has 3 aromatic carbocycles. The van der Waals surface area contributed by atoms with Crippen LogP contribution in [0.3, 0.4) is 0 Å². The molecular formula is C33H38N4O2. The van der Waals surface area contributed by atoms with E-state index in [2.05, 4.69) is 90.5 Å². The molecule has 1 aliphatic rings. The van der Waals surface area contributed by atoms with Gasteiger partial charge < -0.3 is 9.84 Å². The number of nitrogens with one attached hydrogen (secondary N) is 1. The molecule has 0 radical (unpaired) electrons. The molecule has 0 aliphatic carbocycles. The Hall–Kier alpha value is -3.77. The zero-order valence-corrected chi connectivity index (χ0v) is 23.4. The average Bonchev–Trinajstić information content (AvgIpc) is 3.40. The maximum atomic E-state index is 13.5. The van der Waals surface area contributed by atoms with Crippen LogP contribution in [0.5, 0.6) is 0 Å². The summed E-state index contributed by atoms with van der Waals surface area (Å²) in [6, 6.07) is 26.7. The fourth-order valence-electron chi connectivity index (χ4n) is 5.27. The highest BCUT2D eigenvalue weighted by atomic mass is 16.5. The first-order valence-corrected chi connectivity index (χ1v) is 13.8. The fourth-order valence-corrected chi connectivity index (χ4v) is 5.27. The molecule has 4 aromatic rings. The Labute approximate surface area is 231 Å². The van der Waals surface area contributed by atoms with Crippen LogP contribution in [0.2, 0.25) is 0 Å². The monoisotopic (exact) mass is 522 g/mol. The first kappa shape index (κ1) is 26.8. The van der Waals surface area contributed by atoms with Crippen molar-refractivity contribution in [2.45, 2.75) is 58.5 Å². The second-order valence-corrected chi connectivity index (χ2v) is 11.7. The molecular weight excluding hydrogens is 484 g/mol. The molecule has 39 heavy (non-hydrogen) atoms.